The minimum absolute atomic E-state index is 0. The molecule has 7 heteroatoms. The van der Waals surface area contributed by atoms with E-state index in [-0.39, 0.29) is 65.0 Å². The molecular formula is C16H23Na2O4P. The molecule has 1 fully saturated rings. The van der Waals surface area contributed by atoms with E-state index >= 15 is 0 Å². The Morgan fingerprint density at radius 3 is 2.26 bits per heavy atom. The second-order valence-corrected chi connectivity index (χ2v) is 7.57. The zero-order chi connectivity index (χ0) is 15.6. The topological polar surface area (TPSA) is 72.4 Å². The van der Waals surface area contributed by atoms with Gasteiger partial charge in [0.1, 0.15) is 12.1 Å². The molecule has 2 atom stereocenters. The van der Waals surface area contributed by atoms with Gasteiger partial charge in [0.15, 0.2) is 0 Å². The summed E-state index contributed by atoms with van der Waals surface area (Å²) < 4.78 is 16.4. The van der Waals surface area contributed by atoms with Crippen LogP contribution in [0.3, 0.4) is 0 Å². The maximum atomic E-state index is 10.9. The number of ether oxygens (including phenoxy) is 1. The standard InChI is InChI=1S/C16H25O4P.2Na/c1-4-11(2)14-6-5-7-15(12(3)13-8-9-13)16(14)20-10-21(17,18)19;;/h5-7,11-13H,4,8-10H2,1-3H3,(H2,17,18,19);;/q;2*+1/p-2. The van der Waals surface area contributed by atoms with Crippen LogP contribution in [0.15, 0.2) is 18.2 Å². The molecular weight excluding hydrogens is 333 g/mol. The summed E-state index contributed by atoms with van der Waals surface area (Å²) in [6.07, 6.45) is 2.57. The number of rotatable bonds is 7. The molecule has 118 valence electrons. The van der Waals surface area contributed by atoms with Crippen LogP contribution in [0.25, 0.3) is 0 Å². The third-order valence-corrected chi connectivity index (χ3v) is 4.85. The third kappa shape index (κ3) is 7.13. The van der Waals surface area contributed by atoms with Crippen LogP contribution < -0.4 is 73.6 Å². The van der Waals surface area contributed by atoms with Gasteiger partial charge in [0.2, 0.25) is 0 Å². The molecule has 1 saturated carbocycles. The first kappa shape index (κ1) is 24.2. The van der Waals surface area contributed by atoms with Crippen molar-refractivity contribution < 1.29 is 78.2 Å². The zero-order valence-electron chi connectivity index (χ0n) is 14.9. The minimum atomic E-state index is -4.67. The van der Waals surface area contributed by atoms with Gasteiger partial charge >= 0.3 is 59.1 Å². The summed E-state index contributed by atoms with van der Waals surface area (Å²) in [6.45, 7) is 6.31. The molecule has 0 amide bonds. The second-order valence-electron chi connectivity index (χ2n) is 6.09. The van der Waals surface area contributed by atoms with E-state index in [4.69, 9.17) is 4.74 Å². The minimum Gasteiger partial charge on any atom is -0.808 e. The zero-order valence-corrected chi connectivity index (χ0v) is 19.8. The molecule has 0 saturated heterocycles. The van der Waals surface area contributed by atoms with Crippen molar-refractivity contribution in [2.24, 2.45) is 5.92 Å². The molecule has 0 aliphatic heterocycles. The van der Waals surface area contributed by atoms with Crippen molar-refractivity contribution in [2.45, 2.75) is 51.9 Å². The maximum Gasteiger partial charge on any atom is 1.00 e. The Hall–Kier alpha value is 1.17. The smallest absolute Gasteiger partial charge is 0.808 e. The van der Waals surface area contributed by atoms with Crippen molar-refractivity contribution in [3.05, 3.63) is 29.3 Å². The Balaban J connectivity index is 0.00000242. The van der Waals surface area contributed by atoms with E-state index in [9.17, 15) is 14.4 Å². The van der Waals surface area contributed by atoms with E-state index in [2.05, 4.69) is 20.8 Å². The van der Waals surface area contributed by atoms with Gasteiger partial charge < -0.3 is 19.1 Å². The molecule has 0 N–H and O–H groups in total. The summed E-state index contributed by atoms with van der Waals surface area (Å²) in [5.41, 5.74) is 2.03. The van der Waals surface area contributed by atoms with E-state index in [1.165, 1.54) is 12.8 Å². The summed E-state index contributed by atoms with van der Waals surface area (Å²) in [6, 6.07) is 5.95. The number of hydrogen-bond acceptors (Lipinski definition) is 4. The van der Waals surface area contributed by atoms with Crippen LogP contribution >= 0.6 is 7.60 Å². The van der Waals surface area contributed by atoms with Crippen LogP contribution in [0.4, 0.5) is 0 Å². The molecule has 2 unspecified atom stereocenters. The van der Waals surface area contributed by atoms with Crippen LogP contribution in [0.5, 0.6) is 5.75 Å². The molecule has 0 heterocycles. The molecule has 0 aromatic heterocycles. The molecule has 1 aromatic rings. The molecule has 1 aliphatic rings. The van der Waals surface area contributed by atoms with Crippen molar-refractivity contribution in [1.82, 2.24) is 0 Å². The van der Waals surface area contributed by atoms with E-state index in [0.29, 0.717) is 17.6 Å². The van der Waals surface area contributed by atoms with E-state index in [1.54, 1.807) is 0 Å². The maximum absolute atomic E-state index is 10.9. The van der Waals surface area contributed by atoms with Gasteiger partial charge in [-0.3, -0.25) is 0 Å². The Bertz CT molecular complexity index is 543. The van der Waals surface area contributed by atoms with Crippen molar-refractivity contribution in [3.63, 3.8) is 0 Å². The average molecular weight is 356 g/mol. The molecule has 0 spiro atoms. The fourth-order valence-electron chi connectivity index (χ4n) is 2.70. The predicted molar refractivity (Wildman–Crippen MR) is 79.4 cm³/mol. The Morgan fingerprint density at radius 2 is 1.78 bits per heavy atom. The molecule has 23 heavy (non-hydrogen) atoms. The average Bonchev–Trinajstić information content (AvgIpc) is 3.26. The van der Waals surface area contributed by atoms with E-state index in [0.717, 1.165) is 17.5 Å². The van der Waals surface area contributed by atoms with Gasteiger partial charge in [-0.15, -0.1) is 0 Å². The number of para-hydroxylation sites is 1. The van der Waals surface area contributed by atoms with Crippen molar-refractivity contribution in [2.75, 3.05) is 6.35 Å². The van der Waals surface area contributed by atoms with Gasteiger partial charge in [0.05, 0.1) is 0 Å². The van der Waals surface area contributed by atoms with Crippen LogP contribution in [0.2, 0.25) is 0 Å². The van der Waals surface area contributed by atoms with Crippen LogP contribution in [-0.4, -0.2) is 6.35 Å². The van der Waals surface area contributed by atoms with E-state index in [1.807, 2.05) is 18.2 Å². The van der Waals surface area contributed by atoms with Crippen molar-refractivity contribution in [3.8, 4) is 5.75 Å². The van der Waals surface area contributed by atoms with Gasteiger partial charge in [-0.25, -0.2) is 0 Å². The molecule has 4 nitrogen and oxygen atoms in total. The van der Waals surface area contributed by atoms with Crippen LogP contribution in [-0.2, 0) is 4.57 Å². The quantitative estimate of drug-likeness (QED) is 0.385. The first-order chi connectivity index (χ1) is 9.83. The summed E-state index contributed by atoms with van der Waals surface area (Å²) >= 11 is 0. The Morgan fingerprint density at radius 1 is 1.22 bits per heavy atom. The van der Waals surface area contributed by atoms with Crippen LogP contribution in [0.1, 0.15) is 63.0 Å². The SMILES string of the molecule is CCC(C)c1cccc(C(C)C2CC2)c1OCP(=O)([O-])[O-].[Na+].[Na+]. The summed E-state index contributed by atoms with van der Waals surface area (Å²) in [7, 11) is -4.67. The molecule has 1 aliphatic carbocycles. The first-order valence-electron chi connectivity index (χ1n) is 7.60. The Kier molecular flexibility index (Phi) is 10.9. The number of hydrogen-bond donors (Lipinski definition) is 0. The molecule has 0 radical (unpaired) electrons. The normalized spacial score (nSPS) is 16.7. The van der Waals surface area contributed by atoms with Crippen molar-refractivity contribution >= 4 is 7.60 Å². The van der Waals surface area contributed by atoms with Crippen molar-refractivity contribution in [1.29, 1.82) is 0 Å². The summed E-state index contributed by atoms with van der Waals surface area (Å²) in [5, 5.41) is 0. The summed E-state index contributed by atoms with van der Waals surface area (Å²) in [5.74, 6) is 1.86. The van der Waals surface area contributed by atoms with Gasteiger partial charge in [-0.2, -0.15) is 0 Å². The molecule has 0 bridgehead atoms. The van der Waals surface area contributed by atoms with Gasteiger partial charge in [0.25, 0.3) is 0 Å². The first-order valence-corrected chi connectivity index (χ1v) is 9.33. The fraction of sp³-hybridized carbons (Fsp3) is 0.625. The summed E-state index contributed by atoms with van der Waals surface area (Å²) in [4.78, 5) is 21.9. The largest absolute Gasteiger partial charge is 1.00 e. The molecule has 2 rings (SSSR count). The van der Waals surface area contributed by atoms with Gasteiger partial charge in [0, 0.05) is 0 Å². The van der Waals surface area contributed by atoms with Gasteiger partial charge in [-0.1, -0.05) is 39.0 Å². The van der Waals surface area contributed by atoms with E-state index < -0.39 is 13.9 Å². The molecule has 1 aromatic carbocycles. The Labute approximate surface area is 183 Å². The monoisotopic (exact) mass is 356 g/mol. The third-order valence-electron chi connectivity index (χ3n) is 4.41. The van der Waals surface area contributed by atoms with Gasteiger partial charge in [-0.05, 0) is 55.7 Å². The predicted octanol–water partition coefficient (Wildman–Crippen LogP) is -3.03. The van der Waals surface area contributed by atoms with Crippen LogP contribution in [0, 0.1) is 5.92 Å². The fourth-order valence-corrected chi connectivity index (χ4v) is 2.99. The number of benzene rings is 1. The second kappa shape index (κ2) is 10.4.